The zero-order chi connectivity index (χ0) is 22.0. The fourth-order valence-electron chi connectivity index (χ4n) is 3.17. The molecule has 0 unspecified atom stereocenters. The van der Waals surface area contributed by atoms with Gasteiger partial charge in [0, 0.05) is 12.7 Å². The van der Waals surface area contributed by atoms with Crippen LogP contribution in [-0.2, 0) is 16.6 Å². The first-order valence-corrected chi connectivity index (χ1v) is 10.3. The van der Waals surface area contributed by atoms with Crippen LogP contribution in [0.3, 0.4) is 0 Å². The van der Waals surface area contributed by atoms with E-state index in [1.165, 1.54) is 10.9 Å². The molecule has 0 aliphatic heterocycles. The number of fused-ring (bicyclic) bond motifs is 1. The fraction of sp³-hybridized carbons (Fsp3) is 0.130. The van der Waals surface area contributed by atoms with Crippen LogP contribution in [-0.4, -0.2) is 28.0 Å². The number of amides is 1. The van der Waals surface area contributed by atoms with Crippen molar-refractivity contribution in [2.24, 2.45) is 7.05 Å². The number of ether oxygens (including phenoxy) is 1. The average molecular weight is 433 g/mol. The highest BCUT2D eigenvalue weighted by Crippen LogP contribution is 2.27. The van der Waals surface area contributed by atoms with Crippen molar-refractivity contribution in [2.45, 2.75) is 6.92 Å². The van der Waals surface area contributed by atoms with Crippen LogP contribution in [0.2, 0.25) is 0 Å². The first-order valence-electron chi connectivity index (χ1n) is 9.51. The first kappa shape index (κ1) is 20.5. The third-order valence-corrected chi connectivity index (χ3v) is 5.99. The topological polar surface area (TPSA) is 90.3 Å². The van der Waals surface area contributed by atoms with Gasteiger partial charge >= 0.3 is 5.97 Å². The molecule has 0 radical (unpaired) electrons. The number of carbonyl (C=O) groups excluding carboxylic acids is 2. The predicted octanol–water partition coefficient (Wildman–Crippen LogP) is 3.77. The molecule has 2 aromatic carbocycles. The average Bonchev–Trinajstić information content (AvgIpc) is 3.13. The summed E-state index contributed by atoms with van der Waals surface area (Å²) in [6, 6.07) is 17.3. The van der Waals surface area contributed by atoms with Gasteiger partial charge in [0.2, 0.25) is 0 Å². The minimum atomic E-state index is -0.655. The van der Waals surface area contributed by atoms with Crippen molar-refractivity contribution in [1.29, 1.82) is 0 Å². The van der Waals surface area contributed by atoms with Crippen LogP contribution in [0.15, 0.2) is 65.7 Å². The Morgan fingerprint density at radius 2 is 1.74 bits per heavy atom. The second kappa shape index (κ2) is 8.53. The van der Waals surface area contributed by atoms with Gasteiger partial charge in [-0.2, -0.15) is 0 Å². The normalized spacial score (nSPS) is 10.8. The standard InChI is InChI=1S/C23H19N3O4S/c1-14-19-21(24-13-26(2)22(19)28)31-20(14)23(29)30-12-18(27)25-17-10-8-16(9-11-17)15-6-4-3-5-7-15/h3-11,13H,12H2,1-2H3,(H,25,27). The molecule has 4 aromatic rings. The van der Waals surface area contributed by atoms with Gasteiger partial charge in [-0.15, -0.1) is 11.3 Å². The first-order chi connectivity index (χ1) is 14.9. The van der Waals surface area contributed by atoms with E-state index in [1.54, 1.807) is 26.1 Å². The Kier molecular flexibility index (Phi) is 5.64. The smallest absolute Gasteiger partial charge is 0.349 e. The molecule has 4 rings (SSSR count). The van der Waals surface area contributed by atoms with Crippen LogP contribution in [0, 0.1) is 6.92 Å². The van der Waals surface area contributed by atoms with Crippen molar-refractivity contribution in [2.75, 3.05) is 11.9 Å². The van der Waals surface area contributed by atoms with Crippen LogP contribution >= 0.6 is 11.3 Å². The third-order valence-electron chi connectivity index (χ3n) is 4.81. The van der Waals surface area contributed by atoms with Gasteiger partial charge in [-0.3, -0.25) is 9.59 Å². The van der Waals surface area contributed by atoms with Crippen molar-refractivity contribution >= 4 is 39.1 Å². The summed E-state index contributed by atoms with van der Waals surface area (Å²) < 4.78 is 6.51. The SMILES string of the molecule is Cc1c(C(=O)OCC(=O)Nc2ccc(-c3ccccc3)cc2)sc2ncn(C)c(=O)c12. The minimum absolute atomic E-state index is 0.227. The summed E-state index contributed by atoms with van der Waals surface area (Å²) >= 11 is 1.08. The van der Waals surface area contributed by atoms with E-state index in [0.717, 1.165) is 22.5 Å². The van der Waals surface area contributed by atoms with E-state index in [9.17, 15) is 14.4 Å². The number of carbonyl (C=O) groups is 2. The molecule has 31 heavy (non-hydrogen) atoms. The highest BCUT2D eigenvalue weighted by atomic mass is 32.1. The Bertz CT molecular complexity index is 1320. The largest absolute Gasteiger partial charge is 0.451 e. The lowest BCUT2D eigenvalue weighted by atomic mass is 10.1. The van der Waals surface area contributed by atoms with Crippen molar-refractivity contribution < 1.29 is 14.3 Å². The lowest BCUT2D eigenvalue weighted by Gasteiger charge is -2.08. The molecule has 0 bridgehead atoms. The molecule has 0 spiro atoms. The second-order valence-electron chi connectivity index (χ2n) is 6.96. The highest BCUT2D eigenvalue weighted by Gasteiger charge is 2.21. The van der Waals surface area contributed by atoms with Crippen molar-refractivity contribution in [3.63, 3.8) is 0 Å². The Morgan fingerprint density at radius 3 is 2.45 bits per heavy atom. The van der Waals surface area contributed by atoms with Gasteiger partial charge in [0.1, 0.15) is 9.71 Å². The van der Waals surface area contributed by atoms with Gasteiger partial charge in [0.15, 0.2) is 6.61 Å². The van der Waals surface area contributed by atoms with Gasteiger partial charge in [0.05, 0.1) is 11.7 Å². The van der Waals surface area contributed by atoms with Gasteiger partial charge in [-0.1, -0.05) is 42.5 Å². The van der Waals surface area contributed by atoms with Crippen molar-refractivity contribution in [3.05, 3.63) is 81.7 Å². The highest BCUT2D eigenvalue weighted by molar-refractivity contribution is 7.20. The molecule has 1 N–H and O–H groups in total. The molecule has 0 atom stereocenters. The number of aromatic nitrogens is 2. The summed E-state index contributed by atoms with van der Waals surface area (Å²) in [4.78, 5) is 41.9. The molecule has 2 heterocycles. The zero-order valence-corrected chi connectivity index (χ0v) is 17.7. The number of anilines is 1. The minimum Gasteiger partial charge on any atom is -0.451 e. The zero-order valence-electron chi connectivity index (χ0n) is 16.9. The van der Waals surface area contributed by atoms with Gasteiger partial charge in [0.25, 0.3) is 11.5 Å². The van der Waals surface area contributed by atoms with Gasteiger partial charge in [-0.25, -0.2) is 9.78 Å². The lowest BCUT2D eigenvalue weighted by molar-refractivity contribution is -0.119. The van der Waals surface area contributed by atoms with Crippen LogP contribution in [0.5, 0.6) is 0 Å². The Labute approximate surface area is 181 Å². The second-order valence-corrected chi connectivity index (χ2v) is 7.96. The molecular formula is C23H19N3O4S. The molecule has 0 fully saturated rings. The molecule has 0 saturated carbocycles. The Hall–Kier alpha value is -3.78. The van der Waals surface area contributed by atoms with E-state index in [-0.39, 0.29) is 10.4 Å². The number of rotatable bonds is 5. The maximum absolute atomic E-state index is 12.5. The Morgan fingerprint density at radius 1 is 1.06 bits per heavy atom. The fourth-order valence-corrected chi connectivity index (χ4v) is 4.21. The van der Waals surface area contributed by atoms with E-state index >= 15 is 0 Å². The van der Waals surface area contributed by atoms with E-state index in [4.69, 9.17) is 4.74 Å². The molecule has 2 aromatic heterocycles. The van der Waals surface area contributed by atoms with E-state index in [2.05, 4.69) is 10.3 Å². The summed E-state index contributed by atoms with van der Waals surface area (Å²) in [5.74, 6) is -1.11. The van der Waals surface area contributed by atoms with E-state index in [0.29, 0.717) is 21.5 Å². The molecular weight excluding hydrogens is 414 g/mol. The molecule has 8 heteroatoms. The number of hydrogen-bond donors (Lipinski definition) is 1. The number of nitrogens with zero attached hydrogens (tertiary/aromatic N) is 2. The molecule has 156 valence electrons. The maximum atomic E-state index is 12.5. The molecule has 0 saturated heterocycles. The quantitative estimate of drug-likeness (QED) is 0.484. The molecule has 1 amide bonds. The number of thiophene rings is 1. The van der Waals surface area contributed by atoms with Gasteiger partial charge in [-0.05, 0) is 35.7 Å². The van der Waals surface area contributed by atoms with Crippen molar-refractivity contribution in [3.8, 4) is 11.1 Å². The van der Waals surface area contributed by atoms with Crippen LogP contribution in [0.4, 0.5) is 5.69 Å². The summed E-state index contributed by atoms with van der Waals surface area (Å²) in [5, 5.41) is 3.10. The van der Waals surface area contributed by atoms with E-state index in [1.807, 2.05) is 42.5 Å². The predicted molar refractivity (Wildman–Crippen MR) is 120 cm³/mol. The summed E-state index contributed by atoms with van der Waals surface area (Å²) in [6.45, 7) is 1.24. The molecule has 0 aliphatic carbocycles. The summed E-state index contributed by atoms with van der Waals surface area (Å²) in [5.41, 5.74) is 3.00. The number of esters is 1. The van der Waals surface area contributed by atoms with Crippen LogP contribution in [0.1, 0.15) is 15.2 Å². The monoisotopic (exact) mass is 433 g/mol. The number of hydrogen-bond acceptors (Lipinski definition) is 6. The van der Waals surface area contributed by atoms with Gasteiger partial charge < -0.3 is 14.6 Å². The number of aryl methyl sites for hydroxylation is 2. The summed E-state index contributed by atoms with van der Waals surface area (Å²) in [6.07, 6.45) is 1.41. The number of nitrogens with one attached hydrogen (secondary N) is 1. The van der Waals surface area contributed by atoms with Crippen LogP contribution < -0.4 is 10.9 Å². The van der Waals surface area contributed by atoms with E-state index < -0.39 is 18.5 Å². The third kappa shape index (κ3) is 4.24. The summed E-state index contributed by atoms with van der Waals surface area (Å²) in [7, 11) is 1.60. The number of benzene rings is 2. The molecule has 0 aliphatic rings. The Balaban J connectivity index is 1.39. The molecule has 7 nitrogen and oxygen atoms in total. The van der Waals surface area contributed by atoms with Crippen LogP contribution in [0.25, 0.3) is 21.3 Å². The lowest BCUT2D eigenvalue weighted by Crippen LogP contribution is -2.21. The maximum Gasteiger partial charge on any atom is 0.349 e. The van der Waals surface area contributed by atoms with Crippen molar-refractivity contribution in [1.82, 2.24) is 9.55 Å².